The first-order valence-electron chi connectivity index (χ1n) is 12.7. The quantitative estimate of drug-likeness (QED) is 0.200. The summed E-state index contributed by atoms with van der Waals surface area (Å²) < 4.78 is 12.6. The minimum Gasteiger partial charge on any atom is -0.493 e. The molecule has 0 spiro atoms. The van der Waals surface area contributed by atoms with Crippen LogP contribution in [0.15, 0.2) is 96.5 Å². The lowest BCUT2D eigenvalue weighted by molar-refractivity contribution is -0.117. The highest BCUT2D eigenvalue weighted by molar-refractivity contribution is 7.12. The summed E-state index contributed by atoms with van der Waals surface area (Å²) in [6.07, 6.45) is 1.82. The minimum atomic E-state index is -0.388. The molecule has 0 unspecified atom stereocenters. The molecule has 0 radical (unpaired) electrons. The van der Waals surface area contributed by atoms with Crippen LogP contribution in [0.2, 0.25) is 5.02 Å². The number of rotatable bonds is 10. The zero-order valence-electron chi connectivity index (χ0n) is 22.4. The molecule has 0 saturated heterocycles. The second-order valence-corrected chi connectivity index (χ2v) is 10.4. The fourth-order valence-corrected chi connectivity index (χ4v) is 5.11. The molecular weight excluding hydrogens is 560 g/mol. The number of methoxy groups -OCH3 is 2. The topological polar surface area (TPSA) is 85.7 Å². The lowest BCUT2D eigenvalue weighted by atomic mass is 10.2. The van der Waals surface area contributed by atoms with Crippen molar-refractivity contribution in [2.75, 3.05) is 26.1 Å². The van der Waals surface area contributed by atoms with Gasteiger partial charge in [-0.15, -0.1) is 11.3 Å². The van der Waals surface area contributed by atoms with E-state index in [1.807, 2.05) is 66.2 Å². The molecule has 8 nitrogen and oxygen atoms in total. The van der Waals surface area contributed by atoms with Gasteiger partial charge in [0.2, 0.25) is 11.9 Å². The number of amides is 2. The third kappa shape index (κ3) is 6.59. The third-order valence-electron chi connectivity index (χ3n) is 6.31. The number of hydrogen-bond donors (Lipinski definition) is 1. The van der Waals surface area contributed by atoms with E-state index in [9.17, 15) is 9.59 Å². The zero-order valence-corrected chi connectivity index (χ0v) is 24.0. The number of carbonyl (C=O) groups excluding carboxylic acids is 2. The standard InChI is InChI=1S/C31H27ClN4O4S/c1-39-26-15-14-24(17-27(26)40-2)36-19-25(22-10-12-23(32)13-11-22)33-31(36)34-29(37)20-35(18-21-7-4-3-5-8-21)30(38)28-9-6-16-41-28/h3-17,19H,18,20H2,1-2H3,(H,33,34,37). The largest absolute Gasteiger partial charge is 0.493 e. The molecular formula is C31H27ClN4O4S. The van der Waals surface area contributed by atoms with Gasteiger partial charge in [-0.05, 0) is 41.3 Å². The van der Waals surface area contributed by atoms with Crippen molar-refractivity contribution in [1.82, 2.24) is 14.5 Å². The number of nitrogens with zero attached hydrogens (tertiary/aromatic N) is 3. The Hall–Kier alpha value is -4.60. The van der Waals surface area contributed by atoms with Gasteiger partial charge < -0.3 is 14.4 Å². The zero-order chi connectivity index (χ0) is 28.8. The van der Waals surface area contributed by atoms with Crippen LogP contribution >= 0.6 is 22.9 Å². The lowest BCUT2D eigenvalue weighted by Crippen LogP contribution is -2.37. The van der Waals surface area contributed by atoms with Gasteiger partial charge in [-0.2, -0.15) is 0 Å². The van der Waals surface area contributed by atoms with Crippen LogP contribution in [0.3, 0.4) is 0 Å². The summed E-state index contributed by atoms with van der Waals surface area (Å²) in [5.74, 6) is 0.781. The lowest BCUT2D eigenvalue weighted by Gasteiger charge is -2.22. The van der Waals surface area contributed by atoms with Crippen molar-refractivity contribution in [3.63, 3.8) is 0 Å². The number of hydrogen-bond acceptors (Lipinski definition) is 6. The Morgan fingerprint density at radius 1 is 0.951 bits per heavy atom. The van der Waals surface area contributed by atoms with Crippen molar-refractivity contribution in [2.45, 2.75) is 6.54 Å². The molecule has 2 aromatic heterocycles. The Labute approximate surface area is 246 Å². The Morgan fingerprint density at radius 3 is 2.39 bits per heavy atom. The van der Waals surface area contributed by atoms with Crippen LogP contribution in [0.1, 0.15) is 15.2 Å². The number of imidazole rings is 1. The van der Waals surface area contributed by atoms with Crippen molar-refractivity contribution in [1.29, 1.82) is 0 Å². The van der Waals surface area contributed by atoms with E-state index in [0.29, 0.717) is 32.8 Å². The maximum Gasteiger partial charge on any atom is 0.264 e. The number of benzene rings is 3. The number of aromatic nitrogens is 2. The molecule has 0 saturated carbocycles. The normalized spacial score (nSPS) is 10.7. The van der Waals surface area contributed by atoms with Gasteiger partial charge in [0.05, 0.1) is 30.5 Å². The molecule has 208 valence electrons. The Kier molecular flexibility index (Phi) is 8.67. The first kappa shape index (κ1) is 27.9. The van der Waals surface area contributed by atoms with E-state index in [2.05, 4.69) is 5.32 Å². The number of carbonyl (C=O) groups is 2. The second-order valence-electron chi connectivity index (χ2n) is 9.04. The summed E-state index contributed by atoms with van der Waals surface area (Å²) in [6, 6.07) is 25.8. The van der Waals surface area contributed by atoms with Gasteiger partial charge >= 0.3 is 0 Å². The van der Waals surface area contributed by atoms with E-state index < -0.39 is 0 Å². The summed E-state index contributed by atoms with van der Waals surface area (Å²) in [5, 5.41) is 5.36. The summed E-state index contributed by atoms with van der Waals surface area (Å²) in [5.41, 5.74) is 3.06. The van der Waals surface area contributed by atoms with E-state index in [1.165, 1.54) is 16.2 Å². The van der Waals surface area contributed by atoms with E-state index in [4.69, 9.17) is 26.1 Å². The van der Waals surface area contributed by atoms with Gasteiger partial charge in [0, 0.05) is 29.4 Å². The number of thiophene rings is 1. The maximum atomic E-state index is 13.5. The summed E-state index contributed by atoms with van der Waals surface area (Å²) in [7, 11) is 3.13. The molecule has 2 heterocycles. The van der Waals surface area contributed by atoms with Crippen molar-refractivity contribution >= 4 is 40.7 Å². The van der Waals surface area contributed by atoms with Crippen molar-refractivity contribution in [3.8, 4) is 28.4 Å². The first-order valence-corrected chi connectivity index (χ1v) is 13.9. The molecule has 0 fully saturated rings. The van der Waals surface area contributed by atoms with Crippen molar-refractivity contribution in [2.24, 2.45) is 0 Å². The van der Waals surface area contributed by atoms with E-state index in [1.54, 1.807) is 49.1 Å². The van der Waals surface area contributed by atoms with Gasteiger partial charge in [-0.25, -0.2) is 4.98 Å². The molecule has 1 N–H and O–H groups in total. The predicted octanol–water partition coefficient (Wildman–Crippen LogP) is 6.55. The third-order valence-corrected chi connectivity index (χ3v) is 7.42. The van der Waals surface area contributed by atoms with Crippen LogP contribution in [0.5, 0.6) is 11.5 Å². The number of halogens is 1. The molecule has 0 aliphatic rings. The number of nitrogens with one attached hydrogen (secondary N) is 1. The molecule has 0 aliphatic heterocycles. The van der Waals surface area contributed by atoms with Gasteiger partial charge in [0.15, 0.2) is 11.5 Å². The Balaban J connectivity index is 1.46. The van der Waals surface area contributed by atoms with Crippen LogP contribution < -0.4 is 14.8 Å². The van der Waals surface area contributed by atoms with Crippen LogP contribution in [0.25, 0.3) is 16.9 Å². The fourth-order valence-electron chi connectivity index (χ4n) is 4.30. The molecule has 2 amide bonds. The molecule has 3 aromatic carbocycles. The summed E-state index contributed by atoms with van der Waals surface area (Å²) in [4.78, 5) is 33.6. The van der Waals surface area contributed by atoms with Gasteiger partial charge in [0.25, 0.3) is 5.91 Å². The molecule has 10 heteroatoms. The van der Waals surface area contributed by atoms with Crippen LogP contribution in [0, 0.1) is 0 Å². The smallest absolute Gasteiger partial charge is 0.264 e. The van der Waals surface area contributed by atoms with E-state index >= 15 is 0 Å². The van der Waals surface area contributed by atoms with Crippen molar-refractivity contribution < 1.29 is 19.1 Å². The minimum absolute atomic E-state index is 0.166. The van der Waals surface area contributed by atoms with Crippen LogP contribution in [-0.4, -0.2) is 47.0 Å². The van der Waals surface area contributed by atoms with E-state index in [0.717, 1.165) is 11.1 Å². The average Bonchev–Trinajstić information content (AvgIpc) is 3.68. The Morgan fingerprint density at radius 2 is 1.71 bits per heavy atom. The van der Waals surface area contributed by atoms with Crippen LogP contribution in [-0.2, 0) is 11.3 Å². The molecule has 5 rings (SSSR count). The molecule has 41 heavy (non-hydrogen) atoms. The van der Waals surface area contributed by atoms with Gasteiger partial charge in [-0.3, -0.25) is 19.5 Å². The van der Waals surface area contributed by atoms with E-state index in [-0.39, 0.29) is 30.9 Å². The molecule has 0 bridgehead atoms. The van der Waals surface area contributed by atoms with Crippen LogP contribution in [0.4, 0.5) is 5.95 Å². The first-order chi connectivity index (χ1) is 19.9. The summed E-state index contributed by atoms with van der Waals surface area (Å²) >= 11 is 7.43. The monoisotopic (exact) mass is 586 g/mol. The highest BCUT2D eigenvalue weighted by Gasteiger charge is 2.22. The predicted molar refractivity (Wildman–Crippen MR) is 161 cm³/mol. The van der Waals surface area contributed by atoms with Gasteiger partial charge in [-0.1, -0.05) is 60.1 Å². The molecule has 5 aromatic rings. The molecule has 0 atom stereocenters. The average molecular weight is 587 g/mol. The fraction of sp³-hybridized carbons (Fsp3) is 0.129. The van der Waals surface area contributed by atoms with Gasteiger partial charge in [0.1, 0.15) is 6.54 Å². The van der Waals surface area contributed by atoms with Crippen molar-refractivity contribution in [3.05, 3.63) is 112 Å². The maximum absolute atomic E-state index is 13.5. The SMILES string of the molecule is COc1ccc(-n2cc(-c3ccc(Cl)cc3)nc2NC(=O)CN(Cc2ccccc2)C(=O)c2cccs2)cc1OC. The number of anilines is 1. The number of ether oxygens (including phenoxy) is 2. The second kappa shape index (κ2) is 12.7. The highest BCUT2D eigenvalue weighted by Crippen LogP contribution is 2.32. The highest BCUT2D eigenvalue weighted by atomic mass is 35.5. The molecule has 0 aliphatic carbocycles. The Bertz CT molecular complexity index is 1640. The summed E-state index contributed by atoms with van der Waals surface area (Å²) in [6.45, 7) is 0.117.